The van der Waals surface area contributed by atoms with Gasteiger partial charge in [-0.2, -0.15) is 4.52 Å². The number of hydrogen-bond acceptors (Lipinski definition) is 5. The summed E-state index contributed by atoms with van der Waals surface area (Å²) in [6.45, 7) is 5.93. The fraction of sp³-hybridized carbons (Fsp3) is 0.529. The van der Waals surface area contributed by atoms with Crippen LogP contribution in [0.25, 0.3) is 15.9 Å². The number of fused-ring (bicyclic) bond motifs is 5. The molecule has 6 nitrogen and oxygen atoms in total. The van der Waals surface area contributed by atoms with E-state index in [1.54, 1.807) is 15.9 Å². The molecule has 126 valence electrons. The lowest BCUT2D eigenvalue weighted by Crippen LogP contribution is -2.32. The van der Waals surface area contributed by atoms with Gasteiger partial charge in [0.25, 0.3) is 5.91 Å². The van der Waals surface area contributed by atoms with E-state index in [-0.39, 0.29) is 17.8 Å². The van der Waals surface area contributed by atoms with Crippen molar-refractivity contribution in [1.29, 1.82) is 0 Å². The molecule has 24 heavy (non-hydrogen) atoms. The molecule has 7 heteroatoms. The number of thiophene rings is 1. The molecule has 3 aromatic heterocycles. The van der Waals surface area contributed by atoms with Gasteiger partial charge in [-0.15, -0.1) is 16.4 Å². The van der Waals surface area contributed by atoms with E-state index in [1.165, 1.54) is 23.3 Å². The fourth-order valence-electron chi connectivity index (χ4n) is 3.24. The van der Waals surface area contributed by atoms with Crippen LogP contribution in [-0.2, 0) is 12.8 Å². The van der Waals surface area contributed by atoms with E-state index in [1.807, 2.05) is 20.8 Å². The van der Waals surface area contributed by atoms with Crippen LogP contribution in [0, 0.1) is 6.92 Å². The molecule has 0 saturated carbocycles. The molecular weight excluding hydrogens is 322 g/mol. The van der Waals surface area contributed by atoms with Crippen molar-refractivity contribution < 1.29 is 4.79 Å². The Morgan fingerprint density at radius 2 is 2.12 bits per heavy atom. The zero-order valence-electron chi connectivity index (χ0n) is 14.2. The van der Waals surface area contributed by atoms with Crippen molar-refractivity contribution in [3.05, 3.63) is 22.1 Å². The minimum atomic E-state index is -0.218. The molecule has 1 aliphatic carbocycles. The summed E-state index contributed by atoms with van der Waals surface area (Å²) in [6.07, 6.45) is 5.51. The first-order chi connectivity index (χ1) is 11.6. The van der Waals surface area contributed by atoms with Crippen LogP contribution >= 0.6 is 11.3 Å². The first kappa shape index (κ1) is 15.5. The number of aromatic nitrogens is 4. The molecule has 0 radical (unpaired) electrons. The van der Waals surface area contributed by atoms with Crippen molar-refractivity contribution in [2.24, 2.45) is 0 Å². The standard InChI is InChI=1S/C17H21N5OS/c1-4-9(2)18-16(23)14-20-15-13-11-7-5-6-8-12(11)24-17(13)19-10(3)22(15)21-14/h9H,4-8H2,1-3H3,(H,18,23)/t9-/m0/s1. The second-order valence-corrected chi connectivity index (χ2v) is 7.59. The maximum Gasteiger partial charge on any atom is 0.291 e. The smallest absolute Gasteiger partial charge is 0.291 e. The lowest BCUT2D eigenvalue weighted by atomic mass is 9.97. The number of amides is 1. The third-order valence-electron chi connectivity index (χ3n) is 4.75. The van der Waals surface area contributed by atoms with Gasteiger partial charge >= 0.3 is 0 Å². The van der Waals surface area contributed by atoms with E-state index in [9.17, 15) is 4.79 Å². The number of nitrogens with zero attached hydrogens (tertiary/aromatic N) is 4. The molecule has 3 heterocycles. The van der Waals surface area contributed by atoms with Crippen LogP contribution in [0.2, 0.25) is 0 Å². The van der Waals surface area contributed by atoms with Crippen molar-refractivity contribution in [3.8, 4) is 0 Å². The third kappa shape index (κ3) is 2.38. The SMILES string of the molecule is CC[C@H](C)NC(=O)c1nc2c3c4c(sc3nc(C)n2n1)CCCC4. The highest BCUT2D eigenvalue weighted by molar-refractivity contribution is 7.19. The number of hydrogen-bond donors (Lipinski definition) is 1. The van der Waals surface area contributed by atoms with Crippen molar-refractivity contribution in [1.82, 2.24) is 24.9 Å². The van der Waals surface area contributed by atoms with Gasteiger partial charge < -0.3 is 5.32 Å². The Morgan fingerprint density at radius 3 is 2.92 bits per heavy atom. The Bertz CT molecular complexity index is 942. The van der Waals surface area contributed by atoms with Crippen molar-refractivity contribution in [2.45, 2.75) is 58.9 Å². The number of nitrogens with one attached hydrogen (secondary N) is 1. The second kappa shape index (κ2) is 5.81. The van der Waals surface area contributed by atoms with Gasteiger partial charge in [-0.3, -0.25) is 4.79 Å². The summed E-state index contributed by atoms with van der Waals surface area (Å²) in [6, 6.07) is 0.109. The number of aryl methyl sites for hydroxylation is 3. The maximum atomic E-state index is 12.4. The normalized spacial score (nSPS) is 15.6. The number of rotatable bonds is 3. The largest absolute Gasteiger partial charge is 0.347 e. The average Bonchev–Trinajstić information content (AvgIpc) is 3.15. The minimum absolute atomic E-state index is 0.109. The molecule has 0 bridgehead atoms. The van der Waals surface area contributed by atoms with Gasteiger partial charge in [0.15, 0.2) is 5.65 Å². The Hall–Kier alpha value is -2.02. The Morgan fingerprint density at radius 1 is 1.33 bits per heavy atom. The molecule has 0 unspecified atom stereocenters. The monoisotopic (exact) mass is 343 g/mol. The lowest BCUT2D eigenvalue weighted by Gasteiger charge is -2.10. The summed E-state index contributed by atoms with van der Waals surface area (Å²) >= 11 is 1.77. The molecule has 0 saturated heterocycles. The van der Waals surface area contributed by atoms with Crippen LogP contribution in [0.5, 0.6) is 0 Å². The van der Waals surface area contributed by atoms with Crippen LogP contribution < -0.4 is 5.32 Å². The van der Waals surface area contributed by atoms with E-state index in [0.717, 1.165) is 41.0 Å². The summed E-state index contributed by atoms with van der Waals surface area (Å²) in [4.78, 5) is 24.1. The van der Waals surface area contributed by atoms with Crippen molar-refractivity contribution in [3.63, 3.8) is 0 Å². The molecule has 1 atom stereocenters. The zero-order valence-corrected chi connectivity index (χ0v) is 15.0. The highest BCUT2D eigenvalue weighted by Crippen LogP contribution is 2.37. The molecule has 4 rings (SSSR count). The van der Waals surface area contributed by atoms with Gasteiger partial charge in [-0.25, -0.2) is 9.97 Å². The highest BCUT2D eigenvalue weighted by atomic mass is 32.1. The average molecular weight is 343 g/mol. The fourth-order valence-corrected chi connectivity index (χ4v) is 4.54. The predicted octanol–water partition coefficient (Wildman–Crippen LogP) is 3.05. The number of carbonyl (C=O) groups is 1. The van der Waals surface area contributed by atoms with Gasteiger partial charge in [0.05, 0.1) is 5.39 Å². The molecule has 1 N–H and O–H groups in total. The molecule has 3 aromatic rings. The maximum absolute atomic E-state index is 12.4. The van der Waals surface area contributed by atoms with E-state index in [2.05, 4.69) is 15.4 Å². The quantitative estimate of drug-likeness (QED) is 0.793. The predicted molar refractivity (Wildman–Crippen MR) is 94.8 cm³/mol. The first-order valence-electron chi connectivity index (χ1n) is 8.57. The first-order valence-corrected chi connectivity index (χ1v) is 9.38. The van der Waals surface area contributed by atoms with Gasteiger partial charge in [0, 0.05) is 10.9 Å². The van der Waals surface area contributed by atoms with Crippen molar-refractivity contribution >= 4 is 33.1 Å². The summed E-state index contributed by atoms with van der Waals surface area (Å²) in [5, 5.41) is 8.44. The molecule has 0 aliphatic heterocycles. The van der Waals surface area contributed by atoms with E-state index < -0.39 is 0 Å². The molecule has 1 aliphatic rings. The molecular formula is C17H21N5OS. The summed E-state index contributed by atoms with van der Waals surface area (Å²) in [5.41, 5.74) is 2.13. The summed E-state index contributed by atoms with van der Waals surface area (Å²) in [5.74, 6) is 0.777. The lowest BCUT2D eigenvalue weighted by molar-refractivity contribution is 0.0929. The highest BCUT2D eigenvalue weighted by Gasteiger charge is 2.23. The van der Waals surface area contributed by atoms with Gasteiger partial charge in [0.2, 0.25) is 5.82 Å². The van der Waals surface area contributed by atoms with Crippen LogP contribution in [0.3, 0.4) is 0 Å². The molecule has 0 spiro atoms. The van der Waals surface area contributed by atoms with E-state index in [0.29, 0.717) is 0 Å². The Labute approximate surface area is 144 Å². The molecule has 1 amide bonds. The van der Waals surface area contributed by atoms with Crippen molar-refractivity contribution in [2.75, 3.05) is 0 Å². The van der Waals surface area contributed by atoms with E-state index >= 15 is 0 Å². The minimum Gasteiger partial charge on any atom is -0.347 e. The molecule has 0 fully saturated rings. The Kier molecular flexibility index (Phi) is 3.75. The van der Waals surface area contributed by atoms with E-state index in [4.69, 9.17) is 4.98 Å². The Balaban J connectivity index is 1.89. The third-order valence-corrected chi connectivity index (χ3v) is 5.93. The van der Waals surface area contributed by atoms with Gasteiger partial charge in [-0.05, 0) is 51.5 Å². The number of carbonyl (C=O) groups excluding carboxylic acids is 1. The zero-order chi connectivity index (χ0) is 16.8. The van der Waals surface area contributed by atoms with Crippen LogP contribution in [-0.4, -0.2) is 31.5 Å². The van der Waals surface area contributed by atoms with Crippen LogP contribution in [0.1, 0.15) is 60.0 Å². The second-order valence-electron chi connectivity index (χ2n) is 6.50. The topological polar surface area (TPSA) is 72.2 Å². The molecule has 0 aromatic carbocycles. The van der Waals surface area contributed by atoms with Crippen LogP contribution in [0.4, 0.5) is 0 Å². The van der Waals surface area contributed by atoms with Gasteiger partial charge in [0.1, 0.15) is 10.7 Å². The van der Waals surface area contributed by atoms with Crippen LogP contribution in [0.15, 0.2) is 0 Å². The summed E-state index contributed by atoms with van der Waals surface area (Å²) < 4.78 is 1.72. The van der Waals surface area contributed by atoms with Gasteiger partial charge in [-0.1, -0.05) is 6.92 Å². The summed E-state index contributed by atoms with van der Waals surface area (Å²) in [7, 11) is 0.